The van der Waals surface area contributed by atoms with Crippen LogP contribution in [0, 0.1) is 5.82 Å². The van der Waals surface area contributed by atoms with Gasteiger partial charge >= 0.3 is 5.97 Å². The van der Waals surface area contributed by atoms with Gasteiger partial charge in [-0.15, -0.1) is 0 Å². The molecule has 98 valence electrons. The van der Waals surface area contributed by atoms with E-state index in [0.29, 0.717) is 11.1 Å². The molecule has 0 radical (unpaired) electrons. The lowest BCUT2D eigenvalue weighted by atomic mass is 9.92. The molecular weight excluding hydrogens is 311 g/mol. The summed E-state index contributed by atoms with van der Waals surface area (Å²) in [6, 6.07) is 13.4. The highest BCUT2D eigenvalue weighted by Crippen LogP contribution is 2.28. The minimum Gasteiger partial charge on any atom is -0.481 e. The van der Waals surface area contributed by atoms with E-state index in [1.54, 1.807) is 36.4 Å². The number of carboxylic acid groups (broad SMARTS) is 1. The van der Waals surface area contributed by atoms with Crippen LogP contribution in [0.4, 0.5) is 4.39 Å². The largest absolute Gasteiger partial charge is 0.481 e. The van der Waals surface area contributed by atoms with E-state index in [1.165, 1.54) is 6.07 Å². The minimum absolute atomic E-state index is 0.130. The van der Waals surface area contributed by atoms with Gasteiger partial charge in [0.1, 0.15) is 5.82 Å². The van der Waals surface area contributed by atoms with Crippen LogP contribution in [0.5, 0.6) is 0 Å². The lowest BCUT2D eigenvalue weighted by Gasteiger charge is -2.15. The van der Waals surface area contributed by atoms with E-state index in [4.69, 9.17) is 0 Å². The summed E-state index contributed by atoms with van der Waals surface area (Å²) < 4.78 is 14.3. The van der Waals surface area contributed by atoms with E-state index in [9.17, 15) is 14.3 Å². The third kappa shape index (κ3) is 3.20. The third-order valence-electron chi connectivity index (χ3n) is 2.96. The zero-order valence-corrected chi connectivity index (χ0v) is 11.6. The van der Waals surface area contributed by atoms with E-state index in [0.717, 1.165) is 4.47 Å². The van der Waals surface area contributed by atoms with Crippen molar-refractivity contribution < 1.29 is 14.3 Å². The quantitative estimate of drug-likeness (QED) is 0.923. The second kappa shape index (κ2) is 5.97. The molecule has 2 aromatic rings. The monoisotopic (exact) mass is 322 g/mol. The molecule has 0 aliphatic carbocycles. The van der Waals surface area contributed by atoms with Gasteiger partial charge in [0.2, 0.25) is 0 Å². The second-order valence-electron chi connectivity index (χ2n) is 4.21. The molecule has 0 bridgehead atoms. The molecule has 0 amide bonds. The Hall–Kier alpha value is -1.68. The average molecular weight is 323 g/mol. The van der Waals surface area contributed by atoms with Crippen molar-refractivity contribution in [2.75, 3.05) is 0 Å². The highest BCUT2D eigenvalue weighted by Gasteiger charge is 2.23. The lowest BCUT2D eigenvalue weighted by molar-refractivity contribution is -0.138. The maximum Gasteiger partial charge on any atom is 0.311 e. The van der Waals surface area contributed by atoms with Crippen molar-refractivity contribution in [1.29, 1.82) is 0 Å². The molecule has 2 rings (SSSR count). The van der Waals surface area contributed by atoms with Gasteiger partial charge in [0, 0.05) is 4.47 Å². The number of aliphatic carboxylic acids is 1. The van der Waals surface area contributed by atoms with Crippen LogP contribution in [0.2, 0.25) is 0 Å². The van der Waals surface area contributed by atoms with Gasteiger partial charge in [-0.3, -0.25) is 4.79 Å². The van der Waals surface area contributed by atoms with Crippen molar-refractivity contribution >= 4 is 21.9 Å². The highest BCUT2D eigenvalue weighted by atomic mass is 79.9. The molecule has 4 heteroatoms. The first kappa shape index (κ1) is 13.7. The van der Waals surface area contributed by atoms with Crippen LogP contribution in [0.25, 0.3) is 0 Å². The van der Waals surface area contributed by atoms with Crippen LogP contribution in [-0.4, -0.2) is 11.1 Å². The molecule has 0 spiro atoms. The highest BCUT2D eigenvalue weighted by molar-refractivity contribution is 9.10. The summed E-state index contributed by atoms with van der Waals surface area (Å²) in [6.45, 7) is 0. The molecule has 1 unspecified atom stereocenters. The summed E-state index contributed by atoms with van der Waals surface area (Å²) in [5.41, 5.74) is 1.06. The van der Waals surface area contributed by atoms with Crippen LogP contribution in [0.15, 0.2) is 53.0 Å². The van der Waals surface area contributed by atoms with Crippen molar-refractivity contribution in [3.8, 4) is 0 Å². The molecule has 0 aliphatic heterocycles. The van der Waals surface area contributed by atoms with Gasteiger partial charge in [-0.1, -0.05) is 52.3 Å². The summed E-state index contributed by atoms with van der Waals surface area (Å²) in [5.74, 6) is -2.11. The molecule has 0 heterocycles. The van der Waals surface area contributed by atoms with Gasteiger partial charge < -0.3 is 5.11 Å². The molecule has 2 aromatic carbocycles. The summed E-state index contributed by atoms with van der Waals surface area (Å²) in [5, 5.41) is 9.36. The van der Waals surface area contributed by atoms with Crippen molar-refractivity contribution in [3.05, 3.63) is 69.9 Å². The maximum absolute atomic E-state index is 13.6. The normalized spacial score (nSPS) is 12.1. The fourth-order valence-electron chi connectivity index (χ4n) is 1.97. The fourth-order valence-corrected chi connectivity index (χ4v) is 2.53. The molecule has 0 aromatic heterocycles. The molecule has 0 saturated carbocycles. The summed E-state index contributed by atoms with van der Waals surface area (Å²) in [7, 11) is 0. The smallest absolute Gasteiger partial charge is 0.311 e. The third-order valence-corrected chi connectivity index (χ3v) is 3.68. The molecule has 0 aliphatic rings. The Balaban J connectivity index is 2.35. The SMILES string of the molecule is O=C(O)C(Cc1ccccc1F)c1ccccc1Br. The lowest BCUT2D eigenvalue weighted by Crippen LogP contribution is -2.15. The minimum atomic E-state index is -0.963. The first-order chi connectivity index (χ1) is 9.09. The molecule has 0 fully saturated rings. The number of benzene rings is 2. The van der Waals surface area contributed by atoms with Gasteiger partial charge in [-0.2, -0.15) is 0 Å². The number of rotatable bonds is 4. The molecule has 1 atom stereocenters. The maximum atomic E-state index is 13.6. The van der Waals surface area contributed by atoms with Gasteiger partial charge in [-0.05, 0) is 29.7 Å². The molecular formula is C15H12BrFO2. The Morgan fingerprint density at radius 3 is 2.42 bits per heavy atom. The Kier molecular flexibility index (Phi) is 4.32. The van der Waals surface area contributed by atoms with Gasteiger partial charge in [0.05, 0.1) is 5.92 Å². The van der Waals surface area contributed by atoms with E-state index >= 15 is 0 Å². The van der Waals surface area contributed by atoms with E-state index in [-0.39, 0.29) is 12.2 Å². The van der Waals surface area contributed by atoms with Crippen LogP contribution in [0.1, 0.15) is 17.0 Å². The predicted octanol–water partition coefficient (Wildman–Crippen LogP) is 4.00. The van der Waals surface area contributed by atoms with E-state index in [2.05, 4.69) is 15.9 Å². The molecule has 1 N–H and O–H groups in total. The summed E-state index contributed by atoms with van der Waals surface area (Å²) in [4.78, 5) is 11.4. The molecule has 2 nitrogen and oxygen atoms in total. The topological polar surface area (TPSA) is 37.3 Å². The number of halogens is 2. The number of hydrogen-bond acceptors (Lipinski definition) is 1. The van der Waals surface area contributed by atoms with Crippen LogP contribution in [-0.2, 0) is 11.2 Å². The first-order valence-corrected chi connectivity index (χ1v) is 6.59. The Morgan fingerprint density at radius 1 is 1.16 bits per heavy atom. The molecule has 0 saturated heterocycles. The standard InChI is InChI=1S/C15H12BrFO2/c16-13-7-3-2-6-11(13)12(15(18)19)9-10-5-1-4-8-14(10)17/h1-8,12H,9H2,(H,18,19). The number of carboxylic acids is 1. The zero-order chi connectivity index (χ0) is 13.8. The van der Waals surface area contributed by atoms with Gasteiger partial charge in [0.25, 0.3) is 0 Å². The Labute approximate surface area is 119 Å². The second-order valence-corrected chi connectivity index (χ2v) is 5.06. The van der Waals surface area contributed by atoms with Crippen molar-refractivity contribution in [2.24, 2.45) is 0 Å². The first-order valence-electron chi connectivity index (χ1n) is 5.80. The van der Waals surface area contributed by atoms with Crippen LogP contribution in [0.3, 0.4) is 0 Å². The van der Waals surface area contributed by atoms with Crippen LogP contribution >= 0.6 is 15.9 Å². The number of hydrogen-bond donors (Lipinski definition) is 1. The zero-order valence-electron chi connectivity index (χ0n) is 10.0. The molecule has 19 heavy (non-hydrogen) atoms. The van der Waals surface area contributed by atoms with Crippen molar-refractivity contribution in [2.45, 2.75) is 12.3 Å². The van der Waals surface area contributed by atoms with E-state index in [1.807, 2.05) is 6.07 Å². The summed E-state index contributed by atoms with van der Waals surface area (Å²) in [6.07, 6.45) is 0.130. The Morgan fingerprint density at radius 2 is 1.79 bits per heavy atom. The van der Waals surface area contributed by atoms with Crippen LogP contribution < -0.4 is 0 Å². The fraction of sp³-hybridized carbons (Fsp3) is 0.133. The van der Waals surface area contributed by atoms with Gasteiger partial charge in [-0.25, -0.2) is 4.39 Å². The Bertz CT molecular complexity index is 598. The number of carbonyl (C=O) groups is 1. The van der Waals surface area contributed by atoms with E-state index < -0.39 is 11.9 Å². The summed E-state index contributed by atoms with van der Waals surface area (Å²) >= 11 is 3.34. The van der Waals surface area contributed by atoms with Gasteiger partial charge in [0.15, 0.2) is 0 Å². The average Bonchev–Trinajstić information content (AvgIpc) is 2.38. The predicted molar refractivity (Wildman–Crippen MR) is 74.6 cm³/mol. The van der Waals surface area contributed by atoms with Crippen molar-refractivity contribution in [3.63, 3.8) is 0 Å². The van der Waals surface area contributed by atoms with Crippen molar-refractivity contribution in [1.82, 2.24) is 0 Å².